The molecule has 2 rings (SSSR count). The Bertz CT molecular complexity index is 241. The zero-order valence-corrected chi connectivity index (χ0v) is 7.93. The second-order valence-corrected chi connectivity index (χ2v) is 4.07. The Balaban J connectivity index is 1.93. The topological polar surface area (TPSA) is 32.3 Å². The van der Waals surface area contributed by atoms with Crippen molar-refractivity contribution in [1.82, 2.24) is 10.2 Å². The second kappa shape index (κ2) is 3.46. The Labute approximate surface area is 81.4 Å². The van der Waals surface area contributed by atoms with Gasteiger partial charge in [-0.1, -0.05) is 0 Å². The molecule has 0 unspecified atom stereocenters. The van der Waals surface area contributed by atoms with Crippen molar-refractivity contribution in [3.8, 4) is 0 Å². The second-order valence-electron chi connectivity index (χ2n) is 4.07. The Hall–Kier alpha value is -0.710. The van der Waals surface area contributed by atoms with Crippen LogP contribution in [0.1, 0.15) is 12.8 Å². The third kappa shape index (κ3) is 1.87. The minimum absolute atomic E-state index is 0.0658. The fourth-order valence-electron chi connectivity index (χ4n) is 1.88. The summed E-state index contributed by atoms with van der Waals surface area (Å²) in [5.74, 6) is -2.85. The van der Waals surface area contributed by atoms with Gasteiger partial charge < -0.3 is 10.2 Å². The first kappa shape index (κ1) is 9.83. The molecule has 2 fully saturated rings. The third-order valence-electron chi connectivity index (χ3n) is 2.84. The average molecular weight is 204 g/mol. The van der Waals surface area contributed by atoms with Gasteiger partial charge in [0.25, 0.3) is 5.92 Å². The van der Waals surface area contributed by atoms with Gasteiger partial charge in [-0.3, -0.25) is 4.79 Å². The van der Waals surface area contributed by atoms with Gasteiger partial charge in [0.1, 0.15) is 0 Å². The molecule has 0 aromatic rings. The van der Waals surface area contributed by atoms with Crippen molar-refractivity contribution in [2.45, 2.75) is 18.8 Å². The summed E-state index contributed by atoms with van der Waals surface area (Å²) in [7, 11) is 0. The number of halogens is 2. The Kier molecular flexibility index (Phi) is 2.43. The molecule has 2 saturated heterocycles. The van der Waals surface area contributed by atoms with E-state index in [2.05, 4.69) is 5.32 Å². The number of rotatable bonds is 1. The van der Waals surface area contributed by atoms with E-state index in [0.29, 0.717) is 26.1 Å². The maximum absolute atomic E-state index is 13.0. The Morgan fingerprint density at radius 1 is 1.43 bits per heavy atom. The van der Waals surface area contributed by atoms with Gasteiger partial charge in [0.2, 0.25) is 5.91 Å². The van der Waals surface area contributed by atoms with E-state index in [0.717, 1.165) is 0 Å². The van der Waals surface area contributed by atoms with E-state index in [4.69, 9.17) is 0 Å². The monoisotopic (exact) mass is 204 g/mol. The van der Waals surface area contributed by atoms with Gasteiger partial charge >= 0.3 is 0 Å². The van der Waals surface area contributed by atoms with Crippen molar-refractivity contribution < 1.29 is 13.6 Å². The first-order chi connectivity index (χ1) is 6.58. The summed E-state index contributed by atoms with van der Waals surface area (Å²) in [6, 6.07) is 0. The smallest absolute Gasteiger partial charge is 0.265 e. The standard InChI is InChI=1S/C9H14F2N2O/c10-9(11)2-1-3-13(6-9)8(14)7-4-12-5-7/h7,12H,1-6H2. The highest BCUT2D eigenvalue weighted by atomic mass is 19.3. The molecule has 0 aromatic heterocycles. The molecule has 2 heterocycles. The molecule has 0 bridgehead atoms. The molecule has 0 radical (unpaired) electrons. The van der Waals surface area contributed by atoms with Crippen LogP contribution < -0.4 is 5.32 Å². The van der Waals surface area contributed by atoms with Gasteiger partial charge in [0.15, 0.2) is 0 Å². The summed E-state index contributed by atoms with van der Waals surface area (Å²) >= 11 is 0. The van der Waals surface area contributed by atoms with Crippen LogP contribution in [0.3, 0.4) is 0 Å². The molecule has 0 spiro atoms. The number of piperidine rings is 1. The van der Waals surface area contributed by atoms with E-state index in [1.807, 2.05) is 0 Å². The fraction of sp³-hybridized carbons (Fsp3) is 0.889. The van der Waals surface area contributed by atoms with Gasteiger partial charge in [0, 0.05) is 26.1 Å². The van der Waals surface area contributed by atoms with Crippen LogP contribution in [0, 0.1) is 5.92 Å². The quantitative estimate of drug-likeness (QED) is 0.673. The van der Waals surface area contributed by atoms with Crippen molar-refractivity contribution >= 4 is 5.91 Å². The highest BCUT2D eigenvalue weighted by Crippen LogP contribution is 2.27. The van der Waals surface area contributed by atoms with Crippen molar-refractivity contribution in [2.24, 2.45) is 5.92 Å². The predicted octanol–water partition coefficient (Wildman–Crippen LogP) is 0.464. The lowest BCUT2D eigenvalue weighted by atomic mass is 9.99. The molecule has 2 aliphatic rings. The minimum Gasteiger partial charge on any atom is -0.336 e. The molecule has 0 atom stereocenters. The summed E-state index contributed by atoms with van der Waals surface area (Å²) in [6.07, 6.45) is 0.332. The van der Waals surface area contributed by atoms with Crippen molar-refractivity contribution in [1.29, 1.82) is 0 Å². The molecule has 5 heteroatoms. The summed E-state index contributed by atoms with van der Waals surface area (Å²) in [4.78, 5) is 12.9. The van der Waals surface area contributed by atoms with Crippen LogP contribution in [0.5, 0.6) is 0 Å². The van der Waals surface area contributed by atoms with E-state index in [1.165, 1.54) is 4.90 Å². The molecule has 1 amide bonds. The van der Waals surface area contributed by atoms with Crippen molar-refractivity contribution in [3.05, 3.63) is 0 Å². The minimum atomic E-state index is -2.68. The molecule has 0 aromatic carbocycles. The van der Waals surface area contributed by atoms with E-state index >= 15 is 0 Å². The predicted molar refractivity (Wildman–Crippen MR) is 47.1 cm³/mol. The number of amides is 1. The maximum atomic E-state index is 13.0. The van der Waals surface area contributed by atoms with Crippen LogP contribution in [-0.4, -0.2) is 42.9 Å². The average Bonchev–Trinajstić information content (AvgIpc) is 1.99. The summed E-state index contributed by atoms with van der Waals surface area (Å²) in [5, 5.41) is 2.97. The normalized spacial score (nSPS) is 27.1. The summed E-state index contributed by atoms with van der Waals surface area (Å²) in [5.41, 5.74) is 0. The van der Waals surface area contributed by atoms with E-state index in [1.54, 1.807) is 0 Å². The highest BCUT2D eigenvalue weighted by molar-refractivity contribution is 5.80. The van der Waals surface area contributed by atoms with E-state index < -0.39 is 5.92 Å². The van der Waals surface area contributed by atoms with E-state index in [9.17, 15) is 13.6 Å². The largest absolute Gasteiger partial charge is 0.336 e. The Morgan fingerprint density at radius 2 is 2.14 bits per heavy atom. The molecular weight excluding hydrogens is 190 g/mol. The number of carbonyl (C=O) groups is 1. The lowest BCUT2D eigenvalue weighted by molar-refractivity contribution is -0.147. The number of carbonyl (C=O) groups excluding carboxylic acids is 1. The molecule has 2 aliphatic heterocycles. The lowest BCUT2D eigenvalue weighted by Crippen LogP contribution is -2.55. The summed E-state index contributed by atoms with van der Waals surface area (Å²) in [6.45, 7) is 1.38. The zero-order chi connectivity index (χ0) is 10.2. The van der Waals surface area contributed by atoms with Crippen LogP contribution in [-0.2, 0) is 4.79 Å². The van der Waals surface area contributed by atoms with Crippen molar-refractivity contribution in [2.75, 3.05) is 26.2 Å². The third-order valence-corrected chi connectivity index (χ3v) is 2.84. The van der Waals surface area contributed by atoms with Crippen LogP contribution >= 0.6 is 0 Å². The number of nitrogens with zero attached hydrogens (tertiary/aromatic N) is 1. The number of hydrogen-bond acceptors (Lipinski definition) is 2. The lowest BCUT2D eigenvalue weighted by Gasteiger charge is -2.37. The van der Waals surface area contributed by atoms with Gasteiger partial charge in [-0.05, 0) is 6.42 Å². The molecule has 14 heavy (non-hydrogen) atoms. The molecule has 1 N–H and O–H groups in total. The Morgan fingerprint density at radius 3 is 2.64 bits per heavy atom. The number of hydrogen-bond donors (Lipinski definition) is 1. The number of likely N-dealkylation sites (tertiary alicyclic amines) is 1. The fourth-order valence-corrected chi connectivity index (χ4v) is 1.88. The van der Waals surface area contributed by atoms with E-state index in [-0.39, 0.29) is 24.8 Å². The van der Waals surface area contributed by atoms with Crippen LogP contribution in [0.15, 0.2) is 0 Å². The van der Waals surface area contributed by atoms with Gasteiger partial charge in [-0.2, -0.15) is 0 Å². The molecule has 3 nitrogen and oxygen atoms in total. The van der Waals surface area contributed by atoms with Gasteiger partial charge in [-0.15, -0.1) is 0 Å². The van der Waals surface area contributed by atoms with Crippen LogP contribution in [0.2, 0.25) is 0 Å². The SMILES string of the molecule is O=C(C1CNC1)N1CCCC(F)(F)C1. The first-order valence-corrected chi connectivity index (χ1v) is 4.96. The van der Waals surface area contributed by atoms with Crippen LogP contribution in [0.25, 0.3) is 0 Å². The summed E-state index contributed by atoms with van der Waals surface area (Å²) < 4.78 is 26.0. The number of alkyl halides is 2. The van der Waals surface area contributed by atoms with Gasteiger partial charge in [0.05, 0.1) is 12.5 Å². The highest BCUT2D eigenvalue weighted by Gasteiger charge is 2.39. The molecule has 0 saturated carbocycles. The maximum Gasteiger partial charge on any atom is 0.265 e. The van der Waals surface area contributed by atoms with Crippen molar-refractivity contribution in [3.63, 3.8) is 0 Å². The molecule has 80 valence electrons. The molecular formula is C9H14F2N2O. The van der Waals surface area contributed by atoms with Gasteiger partial charge in [-0.25, -0.2) is 8.78 Å². The van der Waals surface area contributed by atoms with Crippen LogP contribution in [0.4, 0.5) is 8.78 Å². The number of nitrogens with one attached hydrogen (secondary N) is 1. The zero-order valence-electron chi connectivity index (χ0n) is 7.93. The molecule has 0 aliphatic carbocycles. The first-order valence-electron chi connectivity index (χ1n) is 4.96.